The van der Waals surface area contributed by atoms with E-state index in [4.69, 9.17) is 10.00 Å². The lowest BCUT2D eigenvalue weighted by molar-refractivity contribution is -0.119. The highest BCUT2D eigenvalue weighted by Gasteiger charge is 2.22. The van der Waals surface area contributed by atoms with Crippen molar-refractivity contribution in [1.82, 2.24) is 5.32 Å². The zero-order valence-electron chi connectivity index (χ0n) is 12.5. The molecule has 4 nitrogen and oxygen atoms in total. The van der Waals surface area contributed by atoms with Gasteiger partial charge in [-0.05, 0) is 30.3 Å². The summed E-state index contributed by atoms with van der Waals surface area (Å²) < 4.78 is 5.60. The minimum atomic E-state index is 0.000984. The monoisotopic (exact) mass is 324 g/mol. The molecule has 0 radical (unpaired) electrons. The zero-order chi connectivity index (χ0) is 16.1. The molecule has 116 valence electrons. The summed E-state index contributed by atoms with van der Waals surface area (Å²) in [6.45, 7) is 0.616. The molecule has 1 aliphatic rings. The average molecular weight is 324 g/mol. The van der Waals surface area contributed by atoms with Crippen LogP contribution < -0.4 is 10.1 Å². The van der Waals surface area contributed by atoms with E-state index in [0.717, 1.165) is 22.6 Å². The topological polar surface area (TPSA) is 62.1 Å². The number of carbonyl (C=O) groups excluding carboxylic acids is 1. The molecule has 0 aromatic heterocycles. The molecule has 1 N–H and O–H groups in total. The highest BCUT2D eigenvalue weighted by Crippen LogP contribution is 2.31. The first-order valence-electron chi connectivity index (χ1n) is 7.40. The molecule has 1 unspecified atom stereocenters. The van der Waals surface area contributed by atoms with Crippen LogP contribution in [-0.2, 0) is 4.79 Å². The first kappa shape index (κ1) is 15.4. The molecular formula is C18H16N2O2S. The van der Waals surface area contributed by atoms with Crippen molar-refractivity contribution in [1.29, 1.82) is 5.26 Å². The van der Waals surface area contributed by atoms with Gasteiger partial charge in [0.05, 0.1) is 30.0 Å². The van der Waals surface area contributed by atoms with Crippen molar-refractivity contribution in [3.05, 3.63) is 59.7 Å². The summed E-state index contributed by atoms with van der Waals surface area (Å²) in [5.41, 5.74) is 1.66. The van der Waals surface area contributed by atoms with E-state index in [0.29, 0.717) is 17.9 Å². The van der Waals surface area contributed by atoms with Gasteiger partial charge in [-0.25, -0.2) is 0 Å². The second-order valence-corrected chi connectivity index (χ2v) is 6.27. The molecule has 0 fully saturated rings. The normalized spacial score (nSPS) is 15.9. The number of para-hydroxylation sites is 1. The fourth-order valence-electron chi connectivity index (χ4n) is 2.50. The highest BCUT2D eigenvalue weighted by atomic mass is 32.2. The van der Waals surface area contributed by atoms with Crippen molar-refractivity contribution in [2.24, 2.45) is 0 Å². The van der Waals surface area contributed by atoms with Crippen LogP contribution in [0.25, 0.3) is 0 Å². The van der Waals surface area contributed by atoms with Crippen LogP contribution in [0.4, 0.5) is 0 Å². The van der Waals surface area contributed by atoms with Gasteiger partial charge in [0.2, 0.25) is 5.91 Å². The molecule has 0 bridgehead atoms. The Balaban J connectivity index is 1.57. The summed E-state index contributed by atoms with van der Waals surface area (Å²) in [7, 11) is 0. The Morgan fingerprint density at radius 2 is 2.04 bits per heavy atom. The molecule has 1 aliphatic heterocycles. The Labute approximate surface area is 139 Å². The lowest BCUT2D eigenvalue weighted by Crippen LogP contribution is -2.33. The molecule has 0 saturated carbocycles. The van der Waals surface area contributed by atoms with Crippen molar-refractivity contribution in [3.8, 4) is 11.8 Å². The van der Waals surface area contributed by atoms with Gasteiger partial charge in [0, 0.05) is 16.9 Å². The van der Waals surface area contributed by atoms with Crippen LogP contribution in [0, 0.1) is 11.3 Å². The third-order valence-corrected chi connectivity index (χ3v) is 4.66. The van der Waals surface area contributed by atoms with Crippen LogP contribution in [0.1, 0.15) is 23.6 Å². The lowest BCUT2D eigenvalue weighted by Gasteiger charge is -2.26. The van der Waals surface area contributed by atoms with Gasteiger partial charge in [-0.2, -0.15) is 5.26 Å². The summed E-state index contributed by atoms with van der Waals surface area (Å²) >= 11 is 1.46. The fraction of sp³-hybridized carbons (Fsp3) is 0.222. The molecule has 2 aromatic rings. The van der Waals surface area contributed by atoms with Crippen LogP contribution in [0.3, 0.4) is 0 Å². The summed E-state index contributed by atoms with van der Waals surface area (Å²) in [6, 6.07) is 17.1. The number of ether oxygens (including phenoxy) is 1. The maximum Gasteiger partial charge on any atom is 0.230 e. The molecule has 1 heterocycles. The summed E-state index contributed by atoms with van der Waals surface area (Å²) in [6.07, 6.45) is 0.782. The number of hydrogen-bond acceptors (Lipinski definition) is 4. The quantitative estimate of drug-likeness (QED) is 0.877. The van der Waals surface area contributed by atoms with E-state index in [-0.39, 0.29) is 11.9 Å². The molecule has 0 saturated heterocycles. The largest absolute Gasteiger partial charge is 0.493 e. The number of hydrogen-bond donors (Lipinski definition) is 1. The van der Waals surface area contributed by atoms with Crippen LogP contribution in [0.5, 0.6) is 5.75 Å². The summed E-state index contributed by atoms with van der Waals surface area (Å²) in [5.74, 6) is 1.20. The third kappa shape index (κ3) is 3.85. The van der Waals surface area contributed by atoms with E-state index in [2.05, 4.69) is 11.4 Å². The Morgan fingerprint density at radius 3 is 2.83 bits per heavy atom. The van der Waals surface area contributed by atoms with Gasteiger partial charge in [-0.15, -0.1) is 11.8 Å². The van der Waals surface area contributed by atoms with Crippen LogP contribution in [0.2, 0.25) is 0 Å². The van der Waals surface area contributed by atoms with Crippen molar-refractivity contribution < 1.29 is 9.53 Å². The van der Waals surface area contributed by atoms with Gasteiger partial charge in [-0.3, -0.25) is 4.79 Å². The van der Waals surface area contributed by atoms with Gasteiger partial charge < -0.3 is 10.1 Å². The van der Waals surface area contributed by atoms with Crippen molar-refractivity contribution in [2.45, 2.75) is 17.4 Å². The first-order valence-corrected chi connectivity index (χ1v) is 8.39. The second kappa shape index (κ2) is 7.21. The van der Waals surface area contributed by atoms with Crippen molar-refractivity contribution in [2.75, 3.05) is 12.4 Å². The van der Waals surface area contributed by atoms with Gasteiger partial charge >= 0.3 is 0 Å². The van der Waals surface area contributed by atoms with Crippen molar-refractivity contribution in [3.63, 3.8) is 0 Å². The van der Waals surface area contributed by atoms with E-state index in [1.807, 2.05) is 36.4 Å². The maximum absolute atomic E-state index is 12.2. The second-order valence-electron chi connectivity index (χ2n) is 5.22. The number of nitriles is 1. The van der Waals surface area contributed by atoms with Crippen LogP contribution >= 0.6 is 11.8 Å². The number of amides is 1. The Morgan fingerprint density at radius 1 is 1.26 bits per heavy atom. The maximum atomic E-state index is 12.2. The fourth-order valence-corrected chi connectivity index (χ4v) is 3.21. The molecule has 1 atom stereocenters. The van der Waals surface area contributed by atoms with Gasteiger partial charge in [0.15, 0.2) is 0 Å². The molecule has 1 amide bonds. The zero-order valence-corrected chi connectivity index (χ0v) is 13.3. The molecule has 0 spiro atoms. The number of rotatable bonds is 4. The van der Waals surface area contributed by atoms with E-state index >= 15 is 0 Å². The van der Waals surface area contributed by atoms with Crippen molar-refractivity contribution >= 4 is 17.7 Å². The number of nitrogens with one attached hydrogen (secondary N) is 1. The van der Waals surface area contributed by atoms with E-state index in [1.54, 1.807) is 12.1 Å². The number of benzene rings is 2. The first-order chi connectivity index (χ1) is 11.3. The van der Waals surface area contributed by atoms with E-state index in [1.165, 1.54) is 11.8 Å². The Kier molecular flexibility index (Phi) is 4.84. The Bertz CT molecular complexity index is 737. The summed E-state index contributed by atoms with van der Waals surface area (Å²) in [4.78, 5) is 13.2. The molecule has 5 heteroatoms. The molecule has 2 aromatic carbocycles. The Hall–Kier alpha value is -2.45. The number of fused-ring (bicyclic) bond motifs is 1. The average Bonchev–Trinajstić information content (AvgIpc) is 2.61. The minimum absolute atomic E-state index is 0.000984. The SMILES string of the molecule is N#Cc1ccc(SCC(=O)NC2CCOc3ccccc32)cc1. The number of nitrogens with zero attached hydrogens (tertiary/aromatic N) is 1. The van der Waals surface area contributed by atoms with E-state index < -0.39 is 0 Å². The highest BCUT2D eigenvalue weighted by molar-refractivity contribution is 8.00. The third-order valence-electron chi connectivity index (χ3n) is 3.65. The predicted octanol–water partition coefficient (Wildman–Crippen LogP) is 3.29. The standard InChI is InChI=1S/C18H16N2O2S/c19-11-13-5-7-14(8-6-13)23-12-18(21)20-16-9-10-22-17-4-2-1-3-15(16)17/h1-8,16H,9-10,12H2,(H,20,21). The molecule has 0 aliphatic carbocycles. The number of thioether (sulfide) groups is 1. The van der Waals surface area contributed by atoms with Crippen LogP contribution in [0.15, 0.2) is 53.4 Å². The predicted molar refractivity (Wildman–Crippen MR) is 89.3 cm³/mol. The minimum Gasteiger partial charge on any atom is -0.493 e. The van der Waals surface area contributed by atoms with E-state index in [9.17, 15) is 4.79 Å². The van der Waals surface area contributed by atoms with Crippen LogP contribution in [-0.4, -0.2) is 18.3 Å². The van der Waals surface area contributed by atoms with Gasteiger partial charge in [0.1, 0.15) is 5.75 Å². The number of carbonyl (C=O) groups is 1. The summed E-state index contributed by atoms with van der Waals surface area (Å²) in [5, 5.41) is 11.9. The smallest absolute Gasteiger partial charge is 0.230 e. The molecule has 3 rings (SSSR count). The van der Waals surface area contributed by atoms with Gasteiger partial charge in [0.25, 0.3) is 0 Å². The lowest BCUT2D eigenvalue weighted by atomic mass is 10.0. The molecule has 23 heavy (non-hydrogen) atoms. The van der Waals surface area contributed by atoms with Gasteiger partial charge in [-0.1, -0.05) is 18.2 Å². The molecular weight excluding hydrogens is 308 g/mol.